The monoisotopic (exact) mass is 692 g/mol. The highest BCUT2D eigenvalue weighted by molar-refractivity contribution is 6.16. The summed E-state index contributed by atoms with van der Waals surface area (Å²) in [6, 6.07) is 34.5. The third kappa shape index (κ3) is 5.82. The Labute approximate surface area is 287 Å². The van der Waals surface area contributed by atoms with E-state index >= 15 is 0 Å². The Hall–Kier alpha value is -6.16. The number of fused-ring (bicyclic) bond motifs is 3. The summed E-state index contributed by atoms with van der Waals surface area (Å²) in [7, 11) is 1.45. The topological polar surface area (TPSA) is 42.3 Å². The van der Waals surface area contributed by atoms with Gasteiger partial charge in [0, 0.05) is 28.9 Å². The standard InChI is InChI=1S/C41H26F6N2O2/c1-48(34-22-21-27(25-11-4-2-5-12-25)23-31(34)26-13-6-3-7-14-26)39(51)36-28(24-50)15-8-20-35(36)49-37-29(16-9-18-32(37)40(42,43)44)30-17-10-19-33(38(30)49)41(45,46)47/h2-24H,1H3. The Morgan fingerprint density at radius 2 is 1.14 bits per heavy atom. The maximum atomic E-state index is 14.7. The van der Waals surface area contributed by atoms with Gasteiger partial charge in [-0.25, -0.2) is 0 Å². The largest absolute Gasteiger partial charge is 0.418 e. The highest BCUT2D eigenvalue weighted by Crippen LogP contribution is 2.45. The number of carbonyl (C=O) groups is 2. The molecule has 0 saturated heterocycles. The summed E-state index contributed by atoms with van der Waals surface area (Å²) in [5.74, 6) is -0.818. The molecule has 0 atom stereocenters. The van der Waals surface area contributed by atoms with E-state index in [4.69, 9.17) is 0 Å². The molecule has 6 aromatic carbocycles. The number of para-hydroxylation sites is 2. The van der Waals surface area contributed by atoms with Crippen LogP contribution in [-0.2, 0) is 12.4 Å². The van der Waals surface area contributed by atoms with Crippen molar-refractivity contribution in [2.75, 3.05) is 11.9 Å². The summed E-state index contributed by atoms with van der Waals surface area (Å²) in [4.78, 5) is 28.5. The second-order valence-electron chi connectivity index (χ2n) is 11.9. The minimum Gasteiger partial charge on any atom is -0.311 e. The molecule has 1 aromatic heterocycles. The quantitative estimate of drug-likeness (QED) is 0.129. The Kier molecular flexibility index (Phi) is 8.25. The van der Waals surface area contributed by atoms with E-state index in [9.17, 15) is 35.9 Å². The van der Waals surface area contributed by atoms with Crippen molar-refractivity contribution in [3.63, 3.8) is 0 Å². The summed E-state index contributed by atoms with van der Waals surface area (Å²) in [6.45, 7) is 0. The van der Waals surface area contributed by atoms with Crippen LogP contribution in [0.1, 0.15) is 31.8 Å². The molecule has 1 heterocycles. The number of hydrogen-bond donors (Lipinski definition) is 0. The van der Waals surface area contributed by atoms with E-state index < -0.39 is 40.4 Å². The van der Waals surface area contributed by atoms with Crippen molar-refractivity contribution in [3.8, 4) is 27.9 Å². The van der Waals surface area contributed by atoms with E-state index in [2.05, 4.69) is 0 Å². The number of hydrogen-bond acceptors (Lipinski definition) is 2. The molecular formula is C41H26F6N2O2. The van der Waals surface area contributed by atoms with Crippen LogP contribution in [0.15, 0.2) is 133 Å². The van der Waals surface area contributed by atoms with Gasteiger partial charge < -0.3 is 9.47 Å². The van der Waals surface area contributed by atoms with Crippen molar-refractivity contribution in [3.05, 3.63) is 156 Å². The molecule has 4 nitrogen and oxygen atoms in total. The van der Waals surface area contributed by atoms with Crippen molar-refractivity contribution in [1.29, 1.82) is 0 Å². The van der Waals surface area contributed by atoms with E-state index in [0.29, 0.717) is 17.5 Å². The first-order valence-electron chi connectivity index (χ1n) is 15.7. The number of rotatable bonds is 6. The normalized spacial score (nSPS) is 12.0. The number of aromatic nitrogens is 1. The van der Waals surface area contributed by atoms with Crippen LogP contribution >= 0.6 is 0 Å². The predicted molar refractivity (Wildman–Crippen MR) is 186 cm³/mol. The Balaban J connectivity index is 1.51. The third-order valence-corrected chi connectivity index (χ3v) is 8.93. The Morgan fingerprint density at radius 1 is 0.608 bits per heavy atom. The van der Waals surface area contributed by atoms with E-state index in [1.165, 1.54) is 42.3 Å². The van der Waals surface area contributed by atoms with Gasteiger partial charge in [0.15, 0.2) is 6.29 Å². The second kappa shape index (κ2) is 12.6. The minimum absolute atomic E-state index is 0.1000. The van der Waals surface area contributed by atoms with Gasteiger partial charge in [-0.15, -0.1) is 0 Å². The summed E-state index contributed by atoms with van der Waals surface area (Å²) >= 11 is 0. The molecule has 0 fully saturated rings. The van der Waals surface area contributed by atoms with Gasteiger partial charge in [0.05, 0.1) is 39.1 Å². The maximum absolute atomic E-state index is 14.7. The predicted octanol–water partition coefficient (Wildman–Crippen LogP) is 11.2. The minimum atomic E-state index is -4.97. The summed E-state index contributed by atoms with van der Waals surface area (Å²) < 4.78 is 88.6. The molecule has 1 amide bonds. The summed E-state index contributed by atoms with van der Waals surface area (Å²) in [5, 5.41) is -0.200. The number of nitrogens with zero attached hydrogens (tertiary/aromatic N) is 2. The van der Waals surface area contributed by atoms with Gasteiger partial charge in [0.25, 0.3) is 5.91 Å². The number of aldehydes is 1. The second-order valence-corrected chi connectivity index (χ2v) is 11.9. The molecule has 7 aromatic rings. The lowest BCUT2D eigenvalue weighted by atomic mass is 9.96. The molecule has 0 aliphatic carbocycles. The van der Waals surface area contributed by atoms with Gasteiger partial charge >= 0.3 is 12.4 Å². The van der Waals surface area contributed by atoms with Crippen molar-refractivity contribution >= 4 is 39.7 Å². The SMILES string of the molecule is CN(C(=O)c1c(C=O)cccc1-n1c2c(C(F)(F)F)cccc2c2cccc(C(F)(F)F)c21)c1ccc(-c2ccccc2)cc1-c1ccccc1. The smallest absolute Gasteiger partial charge is 0.311 e. The molecule has 0 aliphatic heterocycles. The van der Waals surface area contributed by atoms with Crippen LogP contribution in [0.25, 0.3) is 49.7 Å². The molecule has 0 aliphatic rings. The van der Waals surface area contributed by atoms with Gasteiger partial charge in [0.1, 0.15) is 0 Å². The van der Waals surface area contributed by atoms with E-state index in [-0.39, 0.29) is 27.6 Å². The molecule has 0 spiro atoms. The number of benzene rings is 6. The highest BCUT2D eigenvalue weighted by Gasteiger charge is 2.39. The summed E-state index contributed by atoms with van der Waals surface area (Å²) in [5.41, 5.74) is -0.903. The molecule has 10 heteroatoms. The van der Waals surface area contributed by atoms with Crippen LogP contribution in [-0.4, -0.2) is 23.8 Å². The van der Waals surface area contributed by atoms with Crippen LogP contribution in [0.2, 0.25) is 0 Å². The zero-order chi connectivity index (χ0) is 36.1. The first-order valence-corrected chi connectivity index (χ1v) is 15.7. The molecule has 0 N–H and O–H groups in total. The molecule has 0 unspecified atom stereocenters. The zero-order valence-corrected chi connectivity index (χ0v) is 26.8. The highest BCUT2D eigenvalue weighted by atomic mass is 19.4. The first kappa shape index (κ1) is 33.3. The van der Waals surface area contributed by atoms with Gasteiger partial charge in [-0.05, 0) is 47.0 Å². The third-order valence-electron chi connectivity index (χ3n) is 8.93. The van der Waals surface area contributed by atoms with Gasteiger partial charge in [-0.2, -0.15) is 26.3 Å². The fourth-order valence-corrected chi connectivity index (χ4v) is 6.65. The lowest BCUT2D eigenvalue weighted by Gasteiger charge is -2.25. The first-order chi connectivity index (χ1) is 24.4. The Morgan fingerprint density at radius 3 is 1.67 bits per heavy atom. The average molecular weight is 693 g/mol. The lowest BCUT2D eigenvalue weighted by Crippen LogP contribution is -2.29. The molecule has 7 rings (SSSR count). The number of anilines is 1. The number of amides is 1. The van der Waals surface area contributed by atoms with Crippen LogP contribution in [0.4, 0.5) is 32.0 Å². The number of halogens is 6. The van der Waals surface area contributed by atoms with Crippen LogP contribution in [0.3, 0.4) is 0 Å². The number of carbonyl (C=O) groups excluding carboxylic acids is 2. The molecule has 51 heavy (non-hydrogen) atoms. The molecular weight excluding hydrogens is 666 g/mol. The molecule has 0 radical (unpaired) electrons. The fourth-order valence-electron chi connectivity index (χ4n) is 6.65. The molecule has 0 saturated carbocycles. The van der Waals surface area contributed by atoms with E-state index in [1.54, 1.807) is 6.07 Å². The fraction of sp³-hybridized carbons (Fsp3) is 0.0732. The van der Waals surface area contributed by atoms with Crippen LogP contribution in [0, 0.1) is 0 Å². The van der Waals surface area contributed by atoms with Crippen molar-refractivity contribution in [2.24, 2.45) is 0 Å². The maximum Gasteiger partial charge on any atom is 0.418 e. The summed E-state index contributed by atoms with van der Waals surface area (Å²) in [6.07, 6.45) is -9.58. The number of alkyl halides is 6. The lowest BCUT2D eigenvalue weighted by molar-refractivity contribution is -0.136. The molecule has 0 bridgehead atoms. The molecule has 254 valence electrons. The van der Waals surface area contributed by atoms with Crippen molar-refractivity contribution < 1.29 is 35.9 Å². The van der Waals surface area contributed by atoms with Gasteiger partial charge in [-0.3, -0.25) is 9.59 Å². The van der Waals surface area contributed by atoms with Crippen LogP contribution in [0.5, 0.6) is 0 Å². The van der Waals surface area contributed by atoms with Gasteiger partial charge in [-0.1, -0.05) is 103 Å². The van der Waals surface area contributed by atoms with E-state index in [1.807, 2.05) is 72.8 Å². The van der Waals surface area contributed by atoms with Crippen molar-refractivity contribution in [2.45, 2.75) is 12.4 Å². The zero-order valence-electron chi connectivity index (χ0n) is 26.8. The van der Waals surface area contributed by atoms with Crippen molar-refractivity contribution in [1.82, 2.24) is 4.57 Å². The van der Waals surface area contributed by atoms with E-state index in [0.717, 1.165) is 45.5 Å². The van der Waals surface area contributed by atoms with Gasteiger partial charge in [0.2, 0.25) is 0 Å². The average Bonchev–Trinajstić information content (AvgIpc) is 3.48. The van der Waals surface area contributed by atoms with Crippen LogP contribution < -0.4 is 4.90 Å². The Bertz CT molecular complexity index is 2380.